The van der Waals surface area contributed by atoms with Crippen LogP contribution in [-0.2, 0) is 11.8 Å². The summed E-state index contributed by atoms with van der Waals surface area (Å²) < 4.78 is 7.60. The molecule has 0 atom stereocenters. The lowest BCUT2D eigenvalue weighted by Crippen LogP contribution is -2.32. The van der Waals surface area contributed by atoms with Gasteiger partial charge in [0.25, 0.3) is 11.1 Å². The highest BCUT2D eigenvalue weighted by atomic mass is 32.2. The van der Waals surface area contributed by atoms with Crippen molar-refractivity contribution in [2.24, 2.45) is 7.05 Å². The van der Waals surface area contributed by atoms with Crippen LogP contribution in [0.3, 0.4) is 0 Å². The molecule has 1 aromatic heterocycles. The number of thioether (sulfide) groups is 1. The minimum Gasteiger partial charge on any atom is -0.492 e. The van der Waals surface area contributed by atoms with Gasteiger partial charge in [0, 0.05) is 18.4 Å². The Morgan fingerprint density at radius 3 is 2.44 bits per heavy atom. The van der Waals surface area contributed by atoms with Gasteiger partial charge >= 0.3 is 0 Å². The van der Waals surface area contributed by atoms with E-state index in [1.165, 1.54) is 4.90 Å². The Morgan fingerprint density at radius 1 is 1.08 bits per heavy atom. The first-order chi connectivity index (χ1) is 12.0. The molecule has 0 saturated carbocycles. The van der Waals surface area contributed by atoms with Gasteiger partial charge in [-0.25, -0.2) is 0 Å². The number of imide groups is 1. The number of aryl methyl sites for hydroxylation is 2. The van der Waals surface area contributed by atoms with Crippen LogP contribution in [0.4, 0.5) is 4.79 Å². The van der Waals surface area contributed by atoms with Gasteiger partial charge in [0.15, 0.2) is 0 Å². The number of benzene rings is 1. The lowest BCUT2D eigenvalue weighted by Gasteiger charge is -2.13. The molecule has 0 bridgehead atoms. The summed E-state index contributed by atoms with van der Waals surface area (Å²) in [4.78, 5) is 26.3. The van der Waals surface area contributed by atoms with Crippen molar-refractivity contribution in [3.63, 3.8) is 0 Å². The van der Waals surface area contributed by atoms with E-state index >= 15 is 0 Å². The van der Waals surface area contributed by atoms with Crippen LogP contribution in [0.2, 0.25) is 0 Å². The lowest BCUT2D eigenvalue weighted by atomic mass is 10.2. The number of hydrogen-bond acceptors (Lipinski definition) is 4. The van der Waals surface area contributed by atoms with Crippen LogP contribution in [0.25, 0.3) is 6.08 Å². The number of nitrogens with zero attached hydrogens (tertiary/aromatic N) is 2. The summed E-state index contributed by atoms with van der Waals surface area (Å²) >= 11 is 0.972. The highest BCUT2D eigenvalue weighted by molar-refractivity contribution is 8.18. The van der Waals surface area contributed by atoms with E-state index in [4.69, 9.17) is 4.74 Å². The highest BCUT2D eigenvalue weighted by Crippen LogP contribution is 2.32. The quantitative estimate of drug-likeness (QED) is 0.766. The number of rotatable bonds is 5. The summed E-state index contributed by atoms with van der Waals surface area (Å²) in [5, 5.41) is -0.255. The van der Waals surface area contributed by atoms with Crippen molar-refractivity contribution < 1.29 is 14.3 Å². The van der Waals surface area contributed by atoms with E-state index in [2.05, 4.69) is 0 Å². The topological polar surface area (TPSA) is 51.5 Å². The molecule has 1 aromatic carbocycles. The van der Waals surface area contributed by atoms with E-state index in [0.717, 1.165) is 34.5 Å². The van der Waals surface area contributed by atoms with E-state index < -0.39 is 0 Å². The molecule has 0 N–H and O–H groups in total. The summed E-state index contributed by atoms with van der Waals surface area (Å²) in [5.74, 6) is 0.466. The van der Waals surface area contributed by atoms with Gasteiger partial charge in [0.2, 0.25) is 0 Å². The predicted octanol–water partition coefficient (Wildman–Crippen LogP) is 3.76. The molecule has 1 aliphatic rings. The number of carbonyl (C=O) groups is 2. The van der Waals surface area contributed by atoms with Gasteiger partial charge in [0.05, 0.1) is 11.4 Å². The van der Waals surface area contributed by atoms with Gasteiger partial charge in [-0.05, 0) is 56.0 Å². The Kier molecular flexibility index (Phi) is 4.99. The molecule has 3 rings (SSSR count). The highest BCUT2D eigenvalue weighted by Gasteiger charge is 2.34. The molecule has 6 heteroatoms. The van der Waals surface area contributed by atoms with Crippen molar-refractivity contribution >= 4 is 29.0 Å². The van der Waals surface area contributed by atoms with E-state index in [1.807, 2.05) is 61.9 Å². The zero-order valence-electron chi connectivity index (χ0n) is 14.5. The summed E-state index contributed by atoms with van der Waals surface area (Å²) in [6.45, 7) is 4.51. The van der Waals surface area contributed by atoms with Crippen molar-refractivity contribution in [2.45, 2.75) is 13.8 Å². The maximum Gasteiger partial charge on any atom is 0.293 e. The standard InChI is InChI=1S/C19H20N2O3S/c1-13-4-8-16(9-5-13)24-11-10-21-18(22)17(25-19(21)23)12-15-7-6-14(2)20(15)3/h4-9,12H,10-11H2,1-3H3/b17-12-. The number of ether oxygens (including phenoxy) is 1. The van der Waals surface area contributed by atoms with Gasteiger partial charge in [-0.15, -0.1) is 0 Å². The zero-order valence-corrected chi connectivity index (χ0v) is 15.3. The molecule has 0 radical (unpaired) electrons. The third kappa shape index (κ3) is 3.79. The molecule has 1 saturated heterocycles. The van der Waals surface area contributed by atoms with E-state index in [0.29, 0.717) is 4.91 Å². The van der Waals surface area contributed by atoms with Crippen LogP contribution < -0.4 is 4.74 Å². The van der Waals surface area contributed by atoms with Crippen LogP contribution in [0, 0.1) is 13.8 Å². The summed E-state index contributed by atoms with van der Waals surface area (Å²) in [7, 11) is 1.93. The third-order valence-corrected chi connectivity index (χ3v) is 5.08. The Balaban J connectivity index is 1.63. The monoisotopic (exact) mass is 356 g/mol. The predicted molar refractivity (Wildman–Crippen MR) is 99.5 cm³/mol. The van der Waals surface area contributed by atoms with Crippen molar-refractivity contribution in [3.8, 4) is 5.75 Å². The number of hydrogen-bond donors (Lipinski definition) is 0. The summed E-state index contributed by atoms with van der Waals surface area (Å²) in [5.41, 5.74) is 3.15. The number of aromatic nitrogens is 1. The first-order valence-corrected chi connectivity index (χ1v) is 8.84. The van der Waals surface area contributed by atoms with Crippen LogP contribution in [-0.4, -0.2) is 33.8 Å². The molecule has 2 heterocycles. The van der Waals surface area contributed by atoms with Gasteiger partial charge in [0.1, 0.15) is 12.4 Å². The fourth-order valence-electron chi connectivity index (χ4n) is 2.49. The van der Waals surface area contributed by atoms with E-state index in [9.17, 15) is 9.59 Å². The maximum atomic E-state index is 12.5. The molecule has 0 aliphatic carbocycles. The number of carbonyl (C=O) groups excluding carboxylic acids is 2. The minimum atomic E-state index is -0.263. The molecular weight excluding hydrogens is 336 g/mol. The van der Waals surface area contributed by atoms with E-state index in [-0.39, 0.29) is 24.3 Å². The first-order valence-electron chi connectivity index (χ1n) is 8.03. The largest absolute Gasteiger partial charge is 0.492 e. The first kappa shape index (κ1) is 17.4. The second kappa shape index (κ2) is 7.19. The second-order valence-electron chi connectivity index (χ2n) is 5.95. The van der Waals surface area contributed by atoms with Crippen LogP contribution in [0.5, 0.6) is 5.75 Å². The van der Waals surface area contributed by atoms with Gasteiger partial charge < -0.3 is 9.30 Å². The van der Waals surface area contributed by atoms with Gasteiger partial charge in [-0.3, -0.25) is 14.5 Å². The molecule has 0 unspecified atom stereocenters. The SMILES string of the molecule is Cc1ccc(OCCN2C(=O)S/C(=C\c3ccc(C)n3C)C2=O)cc1. The average molecular weight is 356 g/mol. The minimum absolute atomic E-state index is 0.238. The fraction of sp³-hybridized carbons (Fsp3) is 0.263. The molecule has 2 aromatic rings. The van der Waals surface area contributed by atoms with Crippen molar-refractivity contribution in [1.82, 2.24) is 9.47 Å². The molecular formula is C19H20N2O3S. The molecule has 5 nitrogen and oxygen atoms in total. The second-order valence-corrected chi connectivity index (χ2v) is 6.95. The zero-order chi connectivity index (χ0) is 18.0. The maximum absolute atomic E-state index is 12.5. The fourth-order valence-corrected chi connectivity index (χ4v) is 3.34. The summed E-state index contributed by atoms with van der Waals surface area (Å²) in [6, 6.07) is 11.6. The normalized spacial score (nSPS) is 16.1. The Bertz CT molecular complexity index is 837. The molecule has 2 amide bonds. The van der Waals surface area contributed by atoms with Crippen molar-refractivity contribution in [3.05, 3.63) is 58.3 Å². The van der Waals surface area contributed by atoms with Crippen molar-refractivity contribution in [1.29, 1.82) is 0 Å². The molecule has 130 valence electrons. The number of amides is 2. The smallest absolute Gasteiger partial charge is 0.293 e. The van der Waals surface area contributed by atoms with Crippen molar-refractivity contribution in [2.75, 3.05) is 13.2 Å². The lowest BCUT2D eigenvalue weighted by molar-refractivity contribution is -0.123. The summed E-state index contributed by atoms with van der Waals surface area (Å²) in [6.07, 6.45) is 1.76. The Hall–Kier alpha value is -2.47. The van der Waals surface area contributed by atoms with Crippen LogP contribution in [0.15, 0.2) is 41.3 Å². The van der Waals surface area contributed by atoms with Gasteiger partial charge in [-0.1, -0.05) is 17.7 Å². The Morgan fingerprint density at radius 2 is 1.80 bits per heavy atom. The molecule has 25 heavy (non-hydrogen) atoms. The van der Waals surface area contributed by atoms with E-state index in [1.54, 1.807) is 6.08 Å². The molecule has 0 spiro atoms. The average Bonchev–Trinajstić information content (AvgIpc) is 3.04. The molecule has 1 aliphatic heterocycles. The molecule has 1 fully saturated rings. The van der Waals surface area contributed by atoms with Crippen LogP contribution in [0.1, 0.15) is 17.0 Å². The van der Waals surface area contributed by atoms with Gasteiger partial charge in [-0.2, -0.15) is 0 Å². The third-order valence-electron chi connectivity index (χ3n) is 4.17. The Labute approximate surface area is 151 Å². The van der Waals surface area contributed by atoms with Crippen LogP contribution >= 0.6 is 11.8 Å².